The summed E-state index contributed by atoms with van der Waals surface area (Å²) in [5, 5.41) is 5.54. The number of amides is 2. The summed E-state index contributed by atoms with van der Waals surface area (Å²) in [6.45, 7) is 7.94. The normalized spacial score (nSPS) is 18.3. The number of piperazine rings is 1. The molecule has 2 saturated heterocycles. The van der Waals surface area contributed by atoms with E-state index < -0.39 is 0 Å². The van der Waals surface area contributed by atoms with Gasteiger partial charge in [0.1, 0.15) is 6.54 Å². The Bertz CT molecular complexity index is 744. The van der Waals surface area contributed by atoms with Crippen molar-refractivity contribution in [1.29, 1.82) is 0 Å². The number of hydrogen-bond donors (Lipinski definition) is 1. The standard InChI is InChI=1S/C22H36N6O2S.HI/c1-18(21(30)27-10-4-5-11-27)26-12-14-28(15-13-26)22(24-17-20(29)25(2)3)23-9-8-19-7-6-16-31-19;/h6-7,16,18H,4-5,8-15,17H2,1-3H3,(H,23,24);1H. The zero-order valence-corrected chi connectivity index (χ0v) is 22.6. The fourth-order valence-electron chi connectivity index (χ4n) is 3.98. The van der Waals surface area contributed by atoms with Crippen LogP contribution in [0.4, 0.5) is 0 Å². The molecule has 180 valence electrons. The lowest BCUT2D eigenvalue weighted by molar-refractivity contribution is -0.135. The van der Waals surface area contributed by atoms with Crippen LogP contribution in [-0.2, 0) is 16.0 Å². The highest BCUT2D eigenvalue weighted by Gasteiger charge is 2.30. The third-order valence-corrected chi connectivity index (χ3v) is 6.97. The van der Waals surface area contributed by atoms with Gasteiger partial charge in [-0.3, -0.25) is 14.5 Å². The second-order valence-electron chi connectivity index (χ2n) is 8.42. The fourth-order valence-corrected chi connectivity index (χ4v) is 4.69. The van der Waals surface area contributed by atoms with Crippen molar-refractivity contribution < 1.29 is 9.59 Å². The lowest BCUT2D eigenvalue weighted by Gasteiger charge is -2.39. The van der Waals surface area contributed by atoms with Gasteiger partial charge in [-0.25, -0.2) is 4.99 Å². The average Bonchev–Trinajstić information content (AvgIpc) is 3.49. The molecule has 0 aliphatic carbocycles. The van der Waals surface area contributed by atoms with Crippen molar-refractivity contribution in [3.05, 3.63) is 22.4 Å². The highest BCUT2D eigenvalue weighted by molar-refractivity contribution is 14.0. The highest BCUT2D eigenvalue weighted by atomic mass is 127. The van der Waals surface area contributed by atoms with Crippen LogP contribution < -0.4 is 5.32 Å². The second-order valence-corrected chi connectivity index (χ2v) is 9.45. The summed E-state index contributed by atoms with van der Waals surface area (Å²) in [4.78, 5) is 38.8. The Labute approximate surface area is 213 Å². The van der Waals surface area contributed by atoms with Gasteiger partial charge < -0.3 is 20.0 Å². The number of aliphatic imine (C=N–C) groups is 1. The molecule has 1 aromatic rings. The van der Waals surface area contributed by atoms with Gasteiger partial charge >= 0.3 is 0 Å². The number of rotatable bonds is 7. The summed E-state index contributed by atoms with van der Waals surface area (Å²) < 4.78 is 0. The van der Waals surface area contributed by atoms with Crippen LogP contribution in [-0.4, -0.2) is 110 Å². The molecule has 1 aromatic heterocycles. The molecule has 8 nitrogen and oxygen atoms in total. The van der Waals surface area contributed by atoms with E-state index in [0.717, 1.165) is 71.0 Å². The third kappa shape index (κ3) is 7.58. The van der Waals surface area contributed by atoms with E-state index in [1.54, 1.807) is 30.3 Å². The quantitative estimate of drug-likeness (QED) is 0.303. The zero-order chi connectivity index (χ0) is 22.2. The molecular formula is C22H37IN6O2S. The molecule has 0 spiro atoms. The first kappa shape index (κ1) is 26.8. The van der Waals surface area contributed by atoms with E-state index in [1.807, 2.05) is 11.8 Å². The number of carbonyl (C=O) groups is 2. The summed E-state index contributed by atoms with van der Waals surface area (Å²) in [5.74, 6) is 1.02. The topological polar surface area (TPSA) is 71.5 Å². The first-order chi connectivity index (χ1) is 15.0. The maximum absolute atomic E-state index is 12.7. The molecule has 3 heterocycles. The third-order valence-electron chi connectivity index (χ3n) is 6.03. The van der Waals surface area contributed by atoms with Crippen molar-refractivity contribution in [1.82, 2.24) is 24.9 Å². The molecule has 2 aliphatic heterocycles. The Hall–Kier alpha value is -1.40. The molecule has 0 aromatic carbocycles. The van der Waals surface area contributed by atoms with Gasteiger partial charge in [-0.2, -0.15) is 0 Å². The van der Waals surface area contributed by atoms with Gasteiger partial charge in [-0.1, -0.05) is 6.07 Å². The van der Waals surface area contributed by atoms with E-state index in [9.17, 15) is 9.59 Å². The van der Waals surface area contributed by atoms with Crippen molar-refractivity contribution in [2.45, 2.75) is 32.2 Å². The van der Waals surface area contributed by atoms with Gasteiger partial charge in [0.05, 0.1) is 6.04 Å². The number of halogens is 1. The number of carbonyl (C=O) groups excluding carboxylic acids is 2. The molecule has 0 radical (unpaired) electrons. The van der Waals surface area contributed by atoms with Crippen LogP contribution in [0.2, 0.25) is 0 Å². The van der Waals surface area contributed by atoms with E-state index in [4.69, 9.17) is 0 Å². The van der Waals surface area contributed by atoms with Crippen molar-refractivity contribution >= 4 is 53.1 Å². The second kappa shape index (κ2) is 13.3. The summed E-state index contributed by atoms with van der Waals surface area (Å²) in [6.07, 6.45) is 3.17. The lowest BCUT2D eigenvalue weighted by Crippen LogP contribution is -2.57. The highest BCUT2D eigenvalue weighted by Crippen LogP contribution is 2.14. The van der Waals surface area contributed by atoms with Gasteiger partial charge in [0.15, 0.2) is 5.96 Å². The van der Waals surface area contributed by atoms with Crippen molar-refractivity contribution in [3.63, 3.8) is 0 Å². The molecule has 0 saturated carbocycles. The number of likely N-dealkylation sites (N-methyl/N-ethyl adjacent to an activating group) is 1. The van der Waals surface area contributed by atoms with Crippen LogP contribution >= 0.6 is 35.3 Å². The van der Waals surface area contributed by atoms with Gasteiger partial charge in [-0.15, -0.1) is 35.3 Å². The van der Waals surface area contributed by atoms with Crippen LogP contribution in [0.3, 0.4) is 0 Å². The Kier molecular flexibility index (Phi) is 11.2. The number of thiophene rings is 1. The zero-order valence-electron chi connectivity index (χ0n) is 19.5. The number of guanidine groups is 1. The van der Waals surface area contributed by atoms with Crippen LogP contribution in [0.25, 0.3) is 0 Å². The van der Waals surface area contributed by atoms with Gasteiger partial charge in [0, 0.05) is 64.8 Å². The predicted molar refractivity (Wildman–Crippen MR) is 141 cm³/mol. The minimum atomic E-state index is -0.0808. The van der Waals surface area contributed by atoms with Crippen LogP contribution in [0.15, 0.2) is 22.5 Å². The molecule has 10 heteroatoms. The number of nitrogens with zero attached hydrogens (tertiary/aromatic N) is 5. The molecule has 1 atom stereocenters. The Morgan fingerprint density at radius 1 is 1.12 bits per heavy atom. The lowest BCUT2D eigenvalue weighted by atomic mass is 10.2. The minimum Gasteiger partial charge on any atom is -0.356 e. The summed E-state index contributed by atoms with van der Waals surface area (Å²) in [7, 11) is 3.50. The number of likely N-dealkylation sites (tertiary alicyclic amines) is 1. The minimum absolute atomic E-state index is 0. The number of nitrogens with one attached hydrogen (secondary N) is 1. The van der Waals surface area contributed by atoms with E-state index in [1.165, 1.54) is 4.88 Å². The van der Waals surface area contributed by atoms with E-state index in [0.29, 0.717) is 0 Å². The molecule has 3 rings (SSSR count). The summed E-state index contributed by atoms with van der Waals surface area (Å²) in [6, 6.07) is 4.12. The molecular weight excluding hydrogens is 539 g/mol. The maximum atomic E-state index is 12.7. The molecule has 2 aliphatic rings. The van der Waals surface area contributed by atoms with E-state index >= 15 is 0 Å². The maximum Gasteiger partial charge on any atom is 0.243 e. The molecule has 1 N–H and O–H groups in total. The number of hydrogen-bond acceptors (Lipinski definition) is 5. The van der Waals surface area contributed by atoms with Crippen molar-refractivity contribution in [2.24, 2.45) is 4.99 Å². The predicted octanol–water partition coefficient (Wildman–Crippen LogP) is 1.57. The Morgan fingerprint density at radius 2 is 1.81 bits per heavy atom. The van der Waals surface area contributed by atoms with Crippen molar-refractivity contribution in [2.75, 3.05) is 66.5 Å². The monoisotopic (exact) mass is 576 g/mol. The van der Waals surface area contributed by atoms with Crippen LogP contribution in [0, 0.1) is 0 Å². The molecule has 0 bridgehead atoms. The summed E-state index contributed by atoms with van der Waals surface area (Å²) in [5.41, 5.74) is 0. The van der Waals surface area contributed by atoms with E-state index in [2.05, 4.69) is 37.6 Å². The molecule has 1 unspecified atom stereocenters. The summed E-state index contributed by atoms with van der Waals surface area (Å²) >= 11 is 1.75. The van der Waals surface area contributed by atoms with Crippen molar-refractivity contribution in [3.8, 4) is 0 Å². The van der Waals surface area contributed by atoms with Crippen LogP contribution in [0.5, 0.6) is 0 Å². The van der Waals surface area contributed by atoms with Gasteiger partial charge in [-0.05, 0) is 37.6 Å². The van der Waals surface area contributed by atoms with Crippen LogP contribution in [0.1, 0.15) is 24.6 Å². The Balaban J connectivity index is 0.00000363. The van der Waals surface area contributed by atoms with E-state index in [-0.39, 0.29) is 48.4 Å². The first-order valence-corrected chi connectivity index (χ1v) is 12.1. The first-order valence-electron chi connectivity index (χ1n) is 11.2. The molecule has 2 amide bonds. The SMILES string of the molecule is CC(C(=O)N1CCCC1)N1CCN(C(=NCC(=O)N(C)C)NCCc2cccs2)CC1.I. The smallest absolute Gasteiger partial charge is 0.243 e. The molecule has 32 heavy (non-hydrogen) atoms. The average molecular weight is 577 g/mol. The largest absolute Gasteiger partial charge is 0.356 e. The van der Waals surface area contributed by atoms with Gasteiger partial charge in [0.25, 0.3) is 0 Å². The van der Waals surface area contributed by atoms with Gasteiger partial charge in [0.2, 0.25) is 11.8 Å². The Morgan fingerprint density at radius 3 is 2.41 bits per heavy atom. The molecule has 2 fully saturated rings. The fraction of sp³-hybridized carbons (Fsp3) is 0.682.